The quantitative estimate of drug-likeness (QED) is 0.497. The maximum Gasteiger partial charge on any atom is 0.227 e. The second kappa shape index (κ2) is 4.67. The summed E-state index contributed by atoms with van der Waals surface area (Å²) in [6.45, 7) is -3.28. The molecule has 0 aliphatic carbocycles. The molecule has 0 aliphatic rings. The van der Waals surface area contributed by atoms with Crippen LogP contribution in [-0.4, -0.2) is 9.97 Å². The maximum atomic E-state index is 7.75. The molecular formula is C19H16N2O. The van der Waals surface area contributed by atoms with Gasteiger partial charge in [-0.1, -0.05) is 12.1 Å². The zero-order chi connectivity index (χ0) is 20.3. The number of furan rings is 1. The lowest BCUT2D eigenvalue weighted by Gasteiger charge is -2.05. The van der Waals surface area contributed by atoms with Crippen molar-refractivity contribution >= 4 is 22.1 Å². The Labute approximate surface area is 137 Å². The minimum Gasteiger partial charge on any atom is -0.437 e. The Morgan fingerprint density at radius 2 is 1.95 bits per heavy atom. The van der Waals surface area contributed by atoms with Crippen LogP contribution in [0.4, 0.5) is 0 Å². The fraction of sp³-hybridized carbons (Fsp3) is 0.158. The Hall–Kier alpha value is -2.68. The van der Waals surface area contributed by atoms with E-state index in [-0.39, 0.29) is 11.1 Å². The molecule has 3 heteroatoms. The first-order chi connectivity index (χ1) is 13.1. The molecule has 108 valence electrons. The van der Waals surface area contributed by atoms with Crippen LogP contribution in [0.1, 0.15) is 25.0 Å². The molecule has 0 atom stereocenters. The van der Waals surface area contributed by atoms with E-state index in [0.29, 0.717) is 22.6 Å². The highest BCUT2D eigenvalue weighted by atomic mass is 16.3. The van der Waals surface area contributed by atoms with Crippen LogP contribution in [0, 0.1) is 20.6 Å². The van der Waals surface area contributed by atoms with Gasteiger partial charge in [0.25, 0.3) is 0 Å². The lowest BCUT2D eigenvalue weighted by atomic mass is 10.0. The normalized spacial score (nSPS) is 16.6. The first-order valence-electron chi connectivity index (χ1n) is 9.86. The second-order valence-corrected chi connectivity index (χ2v) is 5.20. The van der Waals surface area contributed by atoms with E-state index in [1.54, 1.807) is 6.07 Å². The molecule has 0 N–H and O–H groups in total. The van der Waals surface area contributed by atoms with Crippen molar-refractivity contribution in [3.8, 4) is 11.3 Å². The summed E-state index contributed by atoms with van der Waals surface area (Å²) in [5, 5.41) is 1.68. The molecule has 0 spiro atoms. The average Bonchev–Trinajstić information content (AvgIpc) is 2.97. The Morgan fingerprint density at radius 3 is 2.82 bits per heavy atom. The summed E-state index contributed by atoms with van der Waals surface area (Å²) in [4.78, 5) is 8.64. The highest BCUT2D eigenvalue weighted by Crippen LogP contribution is 2.34. The predicted octanol–water partition coefficient (Wildman–Crippen LogP) is 4.97. The smallest absolute Gasteiger partial charge is 0.227 e. The number of aromatic nitrogens is 2. The number of rotatable bonds is 1. The van der Waals surface area contributed by atoms with Crippen molar-refractivity contribution in [3.63, 3.8) is 0 Å². The Kier molecular flexibility index (Phi) is 1.71. The van der Waals surface area contributed by atoms with Crippen molar-refractivity contribution in [1.29, 1.82) is 0 Å². The van der Waals surface area contributed by atoms with Gasteiger partial charge >= 0.3 is 0 Å². The topological polar surface area (TPSA) is 38.9 Å². The first kappa shape index (κ1) is 8.08. The minimum atomic E-state index is -2.58. The average molecular weight is 294 g/mol. The van der Waals surface area contributed by atoms with Crippen LogP contribution in [0.15, 0.2) is 47.0 Å². The standard InChI is InChI=1S/C19H16N2O/c1-11-9-17(20-10-12(11)2)16-6-4-5-14-15-8-7-13(3)21-19(15)22-18(14)16/h4-10H,1-3H3/i1D3,2D3. The highest BCUT2D eigenvalue weighted by molar-refractivity contribution is 6.08. The molecule has 22 heavy (non-hydrogen) atoms. The Morgan fingerprint density at radius 1 is 1.05 bits per heavy atom. The molecule has 0 fully saturated rings. The van der Waals surface area contributed by atoms with Gasteiger partial charge in [0.1, 0.15) is 5.58 Å². The second-order valence-electron chi connectivity index (χ2n) is 5.20. The van der Waals surface area contributed by atoms with Crippen molar-refractivity contribution < 1.29 is 12.6 Å². The van der Waals surface area contributed by atoms with E-state index >= 15 is 0 Å². The number of hydrogen-bond donors (Lipinski definition) is 0. The summed E-state index contributed by atoms with van der Waals surface area (Å²) in [6, 6.07) is 10.6. The van der Waals surface area contributed by atoms with Gasteiger partial charge in [-0.15, -0.1) is 0 Å². The van der Waals surface area contributed by atoms with Crippen molar-refractivity contribution in [3.05, 3.63) is 59.4 Å². The van der Waals surface area contributed by atoms with Crippen molar-refractivity contribution in [2.45, 2.75) is 20.6 Å². The Bertz CT molecular complexity index is 1210. The van der Waals surface area contributed by atoms with E-state index in [1.807, 2.05) is 31.2 Å². The third kappa shape index (κ3) is 1.90. The van der Waals surface area contributed by atoms with Crippen LogP contribution < -0.4 is 0 Å². The van der Waals surface area contributed by atoms with Crippen LogP contribution in [0.2, 0.25) is 0 Å². The van der Waals surface area contributed by atoms with Crippen LogP contribution in [-0.2, 0) is 0 Å². The SMILES string of the molecule is [2H]C([2H])([2H])c1cnc(-c2cccc3c2oc2nc(C)ccc23)cc1C([2H])([2H])[2H]. The zero-order valence-electron chi connectivity index (χ0n) is 17.8. The van der Waals surface area contributed by atoms with Gasteiger partial charge < -0.3 is 4.42 Å². The molecule has 4 aromatic rings. The number of pyridine rings is 2. The summed E-state index contributed by atoms with van der Waals surface area (Å²) in [7, 11) is 0. The molecule has 4 rings (SSSR count). The minimum absolute atomic E-state index is 0.236. The molecule has 3 nitrogen and oxygen atoms in total. The summed E-state index contributed by atoms with van der Waals surface area (Å²) < 4.78 is 52.0. The molecule has 0 bridgehead atoms. The Balaban J connectivity index is 1.99. The van der Waals surface area contributed by atoms with E-state index in [9.17, 15) is 0 Å². The van der Waals surface area contributed by atoms with E-state index in [1.165, 1.54) is 6.07 Å². The number of nitrogens with zero attached hydrogens (tertiary/aromatic N) is 2. The van der Waals surface area contributed by atoms with Gasteiger partial charge in [-0.05, 0) is 56.0 Å². The van der Waals surface area contributed by atoms with E-state index in [2.05, 4.69) is 9.97 Å². The maximum absolute atomic E-state index is 7.75. The first-order valence-corrected chi connectivity index (χ1v) is 6.86. The van der Waals surface area contributed by atoms with Gasteiger partial charge in [0, 0.05) is 36.5 Å². The molecule has 0 unspecified atom stereocenters. The lowest BCUT2D eigenvalue weighted by molar-refractivity contribution is 0.653. The van der Waals surface area contributed by atoms with Gasteiger partial charge in [-0.3, -0.25) is 4.98 Å². The molecule has 1 aromatic carbocycles. The largest absolute Gasteiger partial charge is 0.437 e. The zero-order valence-corrected chi connectivity index (χ0v) is 11.8. The molecule has 0 saturated carbocycles. The molecular weight excluding hydrogens is 272 g/mol. The fourth-order valence-corrected chi connectivity index (χ4v) is 2.58. The number of fused-ring (bicyclic) bond motifs is 3. The van der Waals surface area contributed by atoms with Gasteiger partial charge in [0.2, 0.25) is 5.71 Å². The highest BCUT2D eigenvalue weighted by Gasteiger charge is 2.14. The summed E-state index contributed by atoms with van der Waals surface area (Å²) in [5.41, 5.74) is 2.23. The van der Waals surface area contributed by atoms with Gasteiger partial charge in [-0.2, -0.15) is 0 Å². The molecule has 0 aliphatic heterocycles. The number of hydrogen-bond acceptors (Lipinski definition) is 3. The fourth-order valence-electron chi connectivity index (χ4n) is 2.58. The molecule has 0 amide bonds. The van der Waals surface area contributed by atoms with Crippen LogP contribution in [0.25, 0.3) is 33.3 Å². The van der Waals surface area contributed by atoms with Gasteiger partial charge in [0.15, 0.2) is 0 Å². The third-order valence-corrected chi connectivity index (χ3v) is 3.68. The molecule has 0 radical (unpaired) electrons. The van der Waals surface area contributed by atoms with Crippen LogP contribution >= 0.6 is 0 Å². The summed E-state index contributed by atoms with van der Waals surface area (Å²) >= 11 is 0. The van der Waals surface area contributed by atoms with E-state index < -0.39 is 13.7 Å². The van der Waals surface area contributed by atoms with Gasteiger partial charge in [0.05, 0.1) is 5.69 Å². The predicted molar refractivity (Wildman–Crippen MR) is 89.0 cm³/mol. The third-order valence-electron chi connectivity index (χ3n) is 3.68. The number of para-hydroxylation sites is 1. The van der Waals surface area contributed by atoms with Crippen molar-refractivity contribution in [2.24, 2.45) is 0 Å². The number of benzene rings is 1. The summed E-state index contributed by atoms with van der Waals surface area (Å²) in [5.74, 6) is 0. The lowest BCUT2D eigenvalue weighted by Crippen LogP contribution is -1.88. The van der Waals surface area contributed by atoms with E-state index in [4.69, 9.17) is 12.6 Å². The summed E-state index contributed by atoms with van der Waals surface area (Å²) in [6.07, 6.45) is 1.12. The molecule has 3 heterocycles. The van der Waals surface area contributed by atoms with Crippen LogP contribution in [0.5, 0.6) is 0 Å². The van der Waals surface area contributed by atoms with Crippen LogP contribution in [0.3, 0.4) is 0 Å². The van der Waals surface area contributed by atoms with Crippen molar-refractivity contribution in [1.82, 2.24) is 9.97 Å². The van der Waals surface area contributed by atoms with E-state index in [0.717, 1.165) is 22.7 Å². The molecule has 3 aromatic heterocycles. The molecule has 0 saturated heterocycles. The van der Waals surface area contributed by atoms with Gasteiger partial charge in [-0.25, -0.2) is 4.98 Å². The van der Waals surface area contributed by atoms with Crippen molar-refractivity contribution in [2.75, 3.05) is 0 Å². The monoisotopic (exact) mass is 294 g/mol. The number of aryl methyl sites for hydroxylation is 3.